The summed E-state index contributed by atoms with van der Waals surface area (Å²) in [5.74, 6) is 0.847. The lowest BCUT2D eigenvalue weighted by Crippen LogP contribution is -2.43. The maximum atomic E-state index is 14.2. The first-order valence-electron chi connectivity index (χ1n) is 9.95. The zero-order valence-electron chi connectivity index (χ0n) is 17.6. The molecule has 0 saturated heterocycles. The molecule has 0 unspecified atom stereocenters. The zero-order valence-corrected chi connectivity index (χ0v) is 17.6. The predicted molar refractivity (Wildman–Crippen MR) is 119 cm³/mol. The lowest BCUT2D eigenvalue weighted by molar-refractivity contribution is 0.0882. The number of ketones is 1. The SMILES string of the molecule is COc1ccc(C(=O)C(C[C@H](C)N(C)C)(c2ccccc2)c2ccccc2)cc1. The normalized spacial score (nSPS) is 12.6. The highest BCUT2D eigenvalue weighted by molar-refractivity contribution is 6.06. The van der Waals surface area contributed by atoms with E-state index in [4.69, 9.17) is 4.74 Å². The van der Waals surface area contributed by atoms with Crippen LogP contribution in [-0.4, -0.2) is 37.9 Å². The second-order valence-corrected chi connectivity index (χ2v) is 7.71. The first kappa shape index (κ1) is 20.8. The van der Waals surface area contributed by atoms with Gasteiger partial charge in [-0.05, 0) is 62.8 Å². The van der Waals surface area contributed by atoms with E-state index in [1.807, 2.05) is 60.7 Å². The van der Waals surface area contributed by atoms with Crippen molar-refractivity contribution in [3.05, 3.63) is 102 Å². The van der Waals surface area contributed by atoms with Crippen molar-refractivity contribution in [2.45, 2.75) is 24.8 Å². The number of methoxy groups -OCH3 is 1. The first-order valence-corrected chi connectivity index (χ1v) is 9.95. The van der Waals surface area contributed by atoms with Gasteiger partial charge >= 0.3 is 0 Å². The standard InChI is InChI=1S/C26H29NO2/c1-20(27(2)3)19-26(22-11-7-5-8-12-22,23-13-9-6-10-14-23)25(28)21-15-17-24(29-4)18-16-21/h5-18,20H,19H2,1-4H3/t20-/m0/s1. The maximum Gasteiger partial charge on any atom is 0.177 e. The van der Waals surface area contributed by atoms with Gasteiger partial charge in [0.2, 0.25) is 0 Å². The third kappa shape index (κ3) is 4.25. The van der Waals surface area contributed by atoms with Crippen molar-refractivity contribution >= 4 is 5.78 Å². The van der Waals surface area contributed by atoms with Gasteiger partial charge < -0.3 is 9.64 Å². The molecule has 29 heavy (non-hydrogen) atoms. The molecular weight excluding hydrogens is 358 g/mol. The van der Waals surface area contributed by atoms with Crippen LogP contribution in [0.4, 0.5) is 0 Å². The molecule has 3 aromatic rings. The van der Waals surface area contributed by atoms with Crippen LogP contribution < -0.4 is 4.74 Å². The van der Waals surface area contributed by atoms with E-state index in [1.165, 1.54) is 0 Å². The van der Waals surface area contributed by atoms with E-state index in [-0.39, 0.29) is 11.8 Å². The lowest BCUT2D eigenvalue weighted by Gasteiger charge is -2.37. The van der Waals surface area contributed by atoms with Crippen LogP contribution in [0.25, 0.3) is 0 Å². The highest BCUT2D eigenvalue weighted by Gasteiger charge is 2.43. The van der Waals surface area contributed by atoms with Gasteiger partial charge in [-0.25, -0.2) is 0 Å². The second-order valence-electron chi connectivity index (χ2n) is 7.71. The van der Waals surface area contributed by atoms with Crippen molar-refractivity contribution in [3.63, 3.8) is 0 Å². The topological polar surface area (TPSA) is 29.5 Å². The molecule has 3 heteroatoms. The molecular formula is C26H29NO2. The number of rotatable bonds is 8. The van der Waals surface area contributed by atoms with Gasteiger partial charge in [-0.2, -0.15) is 0 Å². The molecule has 3 aromatic carbocycles. The van der Waals surface area contributed by atoms with Crippen molar-refractivity contribution in [3.8, 4) is 5.75 Å². The van der Waals surface area contributed by atoms with Gasteiger partial charge in [-0.1, -0.05) is 60.7 Å². The Hall–Kier alpha value is -2.91. The number of hydrogen-bond acceptors (Lipinski definition) is 3. The fourth-order valence-electron chi connectivity index (χ4n) is 3.82. The third-order valence-corrected chi connectivity index (χ3v) is 5.76. The Balaban J connectivity index is 2.23. The molecule has 1 atom stereocenters. The van der Waals surface area contributed by atoms with Crippen LogP contribution in [0.5, 0.6) is 5.75 Å². The predicted octanol–water partition coefficient (Wildman–Crippen LogP) is 5.20. The Kier molecular flexibility index (Phi) is 6.50. The summed E-state index contributed by atoms with van der Waals surface area (Å²) < 4.78 is 5.28. The van der Waals surface area contributed by atoms with E-state index in [0.717, 1.165) is 16.9 Å². The van der Waals surface area contributed by atoms with Gasteiger partial charge in [0.15, 0.2) is 5.78 Å². The van der Waals surface area contributed by atoms with E-state index in [1.54, 1.807) is 7.11 Å². The summed E-state index contributed by atoms with van der Waals surface area (Å²) in [4.78, 5) is 16.3. The number of ether oxygens (including phenoxy) is 1. The summed E-state index contributed by atoms with van der Waals surface area (Å²) in [6.45, 7) is 2.17. The highest BCUT2D eigenvalue weighted by Crippen LogP contribution is 2.40. The number of Topliss-reactive ketones (excluding diaryl/α,β-unsaturated/α-hetero) is 1. The summed E-state index contributed by atoms with van der Waals surface area (Å²) in [6, 6.07) is 27.9. The van der Waals surface area contributed by atoms with Crippen LogP contribution in [0.1, 0.15) is 34.8 Å². The molecule has 0 N–H and O–H groups in total. The largest absolute Gasteiger partial charge is 0.497 e. The first-order chi connectivity index (χ1) is 14.0. The summed E-state index contributed by atoms with van der Waals surface area (Å²) in [6.07, 6.45) is 0.679. The molecule has 0 amide bonds. The lowest BCUT2D eigenvalue weighted by atomic mass is 9.66. The van der Waals surface area contributed by atoms with Crippen LogP contribution in [-0.2, 0) is 5.41 Å². The van der Waals surface area contributed by atoms with Crippen LogP contribution in [0, 0.1) is 0 Å². The molecule has 0 aliphatic heterocycles. The van der Waals surface area contributed by atoms with E-state index >= 15 is 0 Å². The van der Waals surface area contributed by atoms with Crippen LogP contribution in [0.2, 0.25) is 0 Å². The minimum Gasteiger partial charge on any atom is -0.497 e. The molecule has 0 saturated carbocycles. The number of carbonyl (C=O) groups excluding carboxylic acids is 1. The van der Waals surface area contributed by atoms with E-state index < -0.39 is 5.41 Å². The smallest absolute Gasteiger partial charge is 0.177 e. The molecule has 3 nitrogen and oxygen atoms in total. The fraction of sp³-hybridized carbons (Fsp3) is 0.269. The summed E-state index contributed by atoms with van der Waals surface area (Å²) in [5, 5.41) is 0. The zero-order chi connectivity index (χ0) is 20.9. The number of benzene rings is 3. The van der Waals surface area contributed by atoms with Crippen molar-refractivity contribution in [2.75, 3.05) is 21.2 Å². The molecule has 0 aromatic heterocycles. The Morgan fingerprint density at radius 2 is 1.34 bits per heavy atom. The number of nitrogens with zero attached hydrogens (tertiary/aromatic N) is 1. The molecule has 0 spiro atoms. The summed E-state index contributed by atoms with van der Waals surface area (Å²) in [5.41, 5.74) is 1.94. The van der Waals surface area contributed by atoms with Crippen molar-refractivity contribution < 1.29 is 9.53 Å². The van der Waals surface area contributed by atoms with Gasteiger partial charge in [0.05, 0.1) is 12.5 Å². The van der Waals surface area contributed by atoms with Gasteiger partial charge in [0, 0.05) is 11.6 Å². The molecule has 0 heterocycles. The number of hydrogen-bond donors (Lipinski definition) is 0. The quantitative estimate of drug-likeness (QED) is 0.497. The molecule has 0 radical (unpaired) electrons. The van der Waals surface area contributed by atoms with Crippen LogP contribution in [0.3, 0.4) is 0 Å². The Labute approximate surface area is 174 Å². The average molecular weight is 388 g/mol. The Bertz CT molecular complexity index is 878. The maximum absolute atomic E-state index is 14.2. The van der Waals surface area contributed by atoms with E-state index in [9.17, 15) is 4.79 Å². The van der Waals surface area contributed by atoms with Gasteiger partial charge in [0.1, 0.15) is 5.75 Å². The highest BCUT2D eigenvalue weighted by atomic mass is 16.5. The fourth-order valence-corrected chi connectivity index (χ4v) is 3.82. The summed E-state index contributed by atoms with van der Waals surface area (Å²) >= 11 is 0. The van der Waals surface area contributed by atoms with Crippen molar-refractivity contribution in [2.24, 2.45) is 0 Å². The molecule has 0 aliphatic carbocycles. The molecule has 3 rings (SSSR count). The van der Waals surface area contributed by atoms with Gasteiger partial charge in [0.25, 0.3) is 0 Å². The van der Waals surface area contributed by atoms with Crippen LogP contribution in [0.15, 0.2) is 84.9 Å². The number of carbonyl (C=O) groups is 1. The molecule has 0 bridgehead atoms. The monoisotopic (exact) mass is 387 g/mol. The van der Waals surface area contributed by atoms with Gasteiger partial charge in [-0.15, -0.1) is 0 Å². The molecule has 150 valence electrons. The average Bonchev–Trinajstić information content (AvgIpc) is 2.78. The Morgan fingerprint density at radius 3 is 1.76 bits per heavy atom. The second kappa shape index (κ2) is 9.06. The Morgan fingerprint density at radius 1 is 0.862 bits per heavy atom. The minimum absolute atomic E-state index is 0.103. The summed E-state index contributed by atoms with van der Waals surface area (Å²) in [7, 11) is 5.75. The van der Waals surface area contributed by atoms with Crippen molar-refractivity contribution in [1.82, 2.24) is 4.90 Å². The molecule has 0 aliphatic rings. The van der Waals surface area contributed by atoms with Gasteiger partial charge in [-0.3, -0.25) is 4.79 Å². The van der Waals surface area contributed by atoms with Crippen molar-refractivity contribution in [1.29, 1.82) is 0 Å². The van der Waals surface area contributed by atoms with E-state index in [2.05, 4.69) is 50.2 Å². The minimum atomic E-state index is -0.777. The molecule has 0 fully saturated rings. The van der Waals surface area contributed by atoms with E-state index in [0.29, 0.717) is 12.0 Å². The van der Waals surface area contributed by atoms with Crippen LogP contribution >= 0.6 is 0 Å². The third-order valence-electron chi connectivity index (χ3n) is 5.76.